The molecule has 0 amide bonds. The van der Waals surface area contributed by atoms with Crippen molar-refractivity contribution in [2.75, 3.05) is 13.7 Å². The third-order valence-electron chi connectivity index (χ3n) is 4.43. The molecule has 0 saturated carbocycles. The number of methoxy groups -OCH3 is 1. The molecule has 2 atom stereocenters. The van der Waals surface area contributed by atoms with Crippen molar-refractivity contribution in [3.8, 4) is 0 Å². The number of ether oxygens (including phenoxy) is 1. The number of carboxylic acids is 1. The standard InChI is InChI=1S/C15H20N4O3S.C2HF3O2/c1-18-10-15(17-11-18)23(20,21)19-8-5-14(22-2)13(19)9-12-3-6-16-7-4-12;3-2(4,5)1(6)7/h3-4,6-7,10-11,13-14H,5,8-9H2,1-2H3;(H,6,7)/t13-,14+;/m0./s1. The molecular formula is C17H21F3N4O5S. The van der Waals surface area contributed by atoms with Crippen molar-refractivity contribution in [2.24, 2.45) is 7.05 Å². The Labute approximate surface area is 171 Å². The van der Waals surface area contributed by atoms with Gasteiger partial charge in [-0.15, -0.1) is 0 Å². The predicted molar refractivity (Wildman–Crippen MR) is 97.9 cm³/mol. The Balaban J connectivity index is 0.000000396. The maximum atomic E-state index is 12.9. The predicted octanol–water partition coefficient (Wildman–Crippen LogP) is 1.47. The van der Waals surface area contributed by atoms with E-state index in [-0.39, 0.29) is 17.2 Å². The summed E-state index contributed by atoms with van der Waals surface area (Å²) in [4.78, 5) is 16.9. The molecule has 0 aliphatic carbocycles. The van der Waals surface area contributed by atoms with Crippen LogP contribution < -0.4 is 0 Å². The molecule has 1 N–H and O–H groups in total. The van der Waals surface area contributed by atoms with Crippen LogP contribution in [0, 0.1) is 0 Å². The molecule has 3 heterocycles. The summed E-state index contributed by atoms with van der Waals surface area (Å²) in [6, 6.07) is 3.56. The van der Waals surface area contributed by atoms with Gasteiger partial charge >= 0.3 is 12.1 Å². The third-order valence-corrected chi connectivity index (χ3v) is 6.24. The molecule has 1 aliphatic rings. The van der Waals surface area contributed by atoms with E-state index >= 15 is 0 Å². The fraction of sp³-hybridized carbons (Fsp3) is 0.471. The summed E-state index contributed by atoms with van der Waals surface area (Å²) < 4.78 is 66.2. The summed E-state index contributed by atoms with van der Waals surface area (Å²) in [5.41, 5.74) is 1.04. The molecule has 1 saturated heterocycles. The second-order valence-electron chi connectivity index (χ2n) is 6.49. The lowest BCUT2D eigenvalue weighted by Crippen LogP contribution is -2.41. The zero-order chi connectivity index (χ0) is 22.5. The fourth-order valence-electron chi connectivity index (χ4n) is 3.01. The van der Waals surface area contributed by atoms with Crippen LogP contribution in [-0.4, -0.2) is 70.3 Å². The highest BCUT2D eigenvalue weighted by Gasteiger charge is 2.42. The molecule has 2 aromatic heterocycles. The number of imidazole rings is 1. The number of hydrogen-bond acceptors (Lipinski definition) is 6. The van der Waals surface area contributed by atoms with Crippen LogP contribution in [-0.2, 0) is 33.0 Å². The minimum atomic E-state index is -5.08. The van der Waals surface area contributed by atoms with E-state index in [1.165, 1.54) is 16.8 Å². The van der Waals surface area contributed by atoms with Gasteiger partial charge in [0.2, 0.25) is 0 Å². The minimum absolute atomic E-state index is 0.0801. The van der Waals surface area contributed by atoms with Crippen molar-refractivity contribution in [1.82, 2.24) is 18.8 Å². The van der Waals surface area contributed by atoms with E-state index in [4.69, 9.17) is 14.6 Å². The van der Waals surface area contributed by atoms with Crippen molar-refractivity contribution in [1.29, 1.82) is 0 Å². The Morgan fingerprint density at radius 2 is 1.93 bits per heavy atom. The number of pyridine rings is 1. The molecule has 0 aromatic carbocycles. The molecule has 0 radical (unpaired) electrons. The van der Waals surface area contributed by atoms with Crippen LogP contribution in [0.5, 0.6) is 0 Å². The average molecular weight is 450 g/mol. The van der Waals surface area contributed by atoms with Crippen molar-refractivity contribution in [2.45, 2.75) is 36.2 Å². The van der Waals surface area contributed by atoms with Crippen molar-refractivity contribution in [3.05, 3.63) is 42.6 Å². The van der Waals surface area contributed by atoms with Crippen LogP contribution in [0.3, 0.4) is 0 Å². The molecule has 1 aliphatic heterocycles. The topological polar surface area (TPSA) is 115 Å². The van der Waals surface area contributed by atoms with Gasteiger partial charge in [-0.1, -0.05) is 0 Å². The normalized spacial score (nSPS) is 19.9. The number of carboxylic acid groups (broad SMARTS) is 1. The van der Waals surface area contributed by atoms with Gasteiger partial charge < -0.3 is 14.4 Å². The number of nitrogens with zero attached hydrogens (tertiary/aromatic N) is 4. The van der Waals surface area contributed by atoms with E-state index in [9.17, 15) is 21.6 Å². The van der Waals surface area contributed by atoms with Gasteiger partial charge in [0.05, 0.1) is 18.5 Å². The first kappa shape index (κ1) is 23.8. The smallest absolute Gasteiger partial charge is 0.475 e. The first-order valence-corrected chi connectivity index (χ1v) is 10.1. The van der Waals surface area contributed by atoms with E-state index in [0.29, 0.717) is 19.4 Å². The summed E-state index contributed by atoms with van der Waals surface area (Å²) in [7, 11) is -0.246. The van der Waals surface area contributed by atoms with Crippen molar-refractivity contribution >= 4 is 16.0 Å². The molecule has 0 unspecified atom stereocenters. The number of sulfonamides is 1. The summed E-state index contributed by atoms with van der Waals surface area (Å²) >= 11 is 0. The highest BCUT2D eigenvalue weighted by molar-refractivity contribution is 7.89. The van der Waals surface area contributed by atoms with E-state index < -0.39 is 22.2 Å². The van der Waals surface area contributed by atoms with Crippen molar-refractivity contribution < 1.29 is 36.2 Å². The molecule has 166 valence electrons. The lowest BCUT2D eigenvalue weighted by Gasteiger charge is -2.26. The quantitative estimate of drug-likeness (QED) is 0.734. The first-order chi connectivity index (χ1) is 14.0. The third kappa shape index (κ3) is 5.77. The number of aliphatic carboxylic acids is 1. The number of hydrogen-bond donors (Lipinski definition) is 1. The SMILES string of the molecule is CO[C@@H]1CCN(S(=O)(=O)c2cn(C)cn2)[C@H]1Cc1ccncc1.O=C(O)C(F)(F)F. The summed E-state index contributed by atoms with van der Waals surface area (Å²) in [5.74, 6) is -2.76. The maximum absolute atomic E-state index is 12.9. The van der Waals surface area contributed by atoms with Crippen LogP contribution in [0.15, 0.2) is 42.1 Å². The maximum Gasteiger partial charge on any atom is 0.490 e. The zero-order valence-electron chi connectivity index (χ0n) is 16.2. The van der Waals surface area contributed by atoms with Gasteiger partial charge in [-0.3, -0.25) is 4.98 Å². The summed E-state index contributed by atoms with van der Waals surface area (Å²) in [6.07, 6.45) is 2.51. The number of aromatic nitrogens is 3. The van der Waals surface area contributed by atoms with Crippen LogP contribution in [0.2, 0.25) is 0 Å². The Morgan fingerprint density at radius 1 is 1.33 bits per heavy atom. The molecule has 1 fully saturated rings. The Hall–Kier alpha value is -2.51. The number of carbonyl (C=O) groups is 1. The lowest BCUT2D eigenvalue weighted by atomic mass is 10.0. The van der Waals surface area contributed by atoms with Gasteiger partial charge in [0.25, 0.3) is 10.0 Å². The monoisotopic (exact) mass is 450 g/mol. The largest absolute Gasteiger partial charge is 0.490 e. The highest BCUT2D eigenvalue weighted by atomic mass is 32.2. The van der Waals surface area contributed by atoms with Gasteiger partial charge in [0.1, 0.15) is 0 Å². The number of rotatable bonds is 5. The number of alkyl halides is 3. The fourth-order valence-corrected chi connectivity index (χ4v) is 4.64. The van der Waals surface area contributed by atoms with Gasteiger partial charge in [0, 0.05) is 39.3 Å². The molecule has 9 nitrogen and oxygen atoms in total. The second kappa shape index (κ2) is 9.53. The second-order valence-corrected chi connectivity index (χ2v) is 8.32. The van der Waals surface area contributed by atoms with Crippen LogP contribution in [0.1, 0.15) is 12.0 Å². The van der Waals surface area contributed by atoms with Gasteiger partial charge in [-0.2, -0.15) is 17.5 Å². The molecule has 2 aromatic rings. The van der Waals surface area contributed by atoms with Gasteiger partial charge in [-0.05, 0) is 30.5 Å². The van der Waals surface area contributed by atoms with Gasteiger partial charge in [-0.25, -0.2) is 18.2 Å². The molecule has 0 spiro atoms. The molecule has 30 heavy (non-hydrogen) atoms. The molecule has 0 bridgehead atoms. The Bertz CT molecular complexity index is 950. The minimum Gasteiger partial charge on any atom is -0.475 e. The Kier molecular flexibility index (Phi) is 7.55. The Morgan fingerprint density at radius 3 is 2.40 bits per heavy atom. The number of aryl methyl sites for hydroxylation is 1. The number of halogens is 3. The van der Waals surface area contributed by atoms with Gasteiger partial charge in [0.15, 0.2) is 5.03 Å². The summed E-state index contributed by atoms with van der Waals surface area (Å²) in [6.45, 7) is 0.438. The lowest BCUT2D eigenvalue weighted by molar-refractivity contribution is -0.192. The molecule has 13 heteroatoms. The van der Waals surface area contributed by atoms with E-state index in [0.717, 1.165) is 5.56 Å². The van der Waals surface area contributed by atoms with Crippen LogP contribution in [0.25, 0.3) is 0 Å². The summed E-state index contributed by atoms with van der Waals surface area (Å²) in [5, 5.41) is 7.21. The zero-order valence-corrected chi connectivity index (χ0v) is 17.0. The molecular weight excluding hydrogens is 429 g/mol. The first-order valence-electron chi connectivity index (χ1n) is 8.68. The van der Waals surface area contributed by atoms with Crippen LogP contribution in [0.4, 0.5) is 13.2 Å². The average Bonchev–Trinajstić information content (AvgIpc) is 3.29. The van der Waals surface area contributed by atoms with Crippen molar-refractivity contribution in [3.63, 3.8) is 0 Å². The highest BCUT2D eigenvalue weighted by Crippen LogP contribution is 2.29. The van der Waals surface area contributed by atoms with Crippen LogP contribution >= 0.6 is 0 Å². The molecule has 3 rings (SSSR count). The van der Waals surface area contributed by atoms with E-state index in [1.54, 1.807) is 31.1 Å². The van der Waals surface area contributed by atoms with E-state index in [2.05, 4.69) is 9.97 Å². The van der Waals surface area contributed by atoms with E-state index in [1.807, 2.05) is 12.1 Å².